The molecule has 0 N–H and O–H groups in total. The highest BCUT2D eigenvalue weighted by molar-refractivity contribution is 5.95. The van der Waals surface area contributed by atoms with E-state index in [0.717, 1.165) is 5.56 Å². The highest BCUT2D eigenvalue weighted by Gasteiger charge is 2.48. The lowest BCUT2D eigenvalue weighted by molar-refractivity contribution is -0.238. The molecular weight excluding hydrogens is 352 g/mol. The zero-order chi connectivity index (χ0) is 19.8. The average molecular weight is 376 g/mol. The van der Waals surface area contributed by atoms with Crippen molar-refractivity contribution in [2.75, 3.05) is 20.8 Å². The summed E-state index contributed by atoms with van der Waals surface area (Å²) in [6, 6.07) is 3.58. The topological polar surface area (TPSA) is 80.3 Å². The lowest BCUT2D eigenvalue weighted by atomic mass is 9.96. The first kappa shape index (κ1) is 19.4. The average Bonchev–Trinajstić information content (AvgIpc) is 2.99. The first-order valence-electron chi connectivity index (χ1n) is 8.67. The summed E-state index contributed by atoms with van der Waals surface area (Å²) in [5, 5.41) is 0. The number of benzene rings is 1. The van der Waals surface area contributed by atoms with Crippen LogP contribution >= 0.6 is 0 Å². The van der Waals surface area contributed by atoms with Crippen LogP contribution in [0.1, 0.15) is 31.9 Å². The molecule has 2 aliphatic heterocycles. The molecular formula is C20H24O7. The van der Waals surface area contributed by atoms with E-state index in [4.69, 9.17) is 23.7 Å². The summed E-state index contributed by atoms with van der Waals surface area (Å²) in [6.07, 6.45) is 2.01. The Bertz CT molecular complexity index is 790. The zero-order valence-electron chi connectivity index (χ0n) is 16.2. The van der Waals surface area contributed by atoms with Crippen LogP contribution in [0.2, 0.25) is 0 Å². The number of carbonyl (C=O) groups is 2. The van der Waals surface area contributed by atoms with Crippen molar-refractivity contribution in [1.82, 2.24) is 0 Å². The van der Waals surface area contributed by atoms with Crippen LogP contribution < -0.4 is 9.47 Å². The smallest absolute Gasteiger partial charge is 0.311 e. The quantitative estimate of drug-likeness (QED) is 0.747. The molecule has 0 saturated carbocycles. The van der Waals surface area contributed by atoms with Crippen LogP contribution in [0.15, 0.2) is 24.3 Å². The Morgan fingerprint density at radius 2 is 2.00 bits per heavy atom. The van der Waals surface area contributed by atoms with E-state index in [2.05, 4.69) is 0 Å². The van der Waals surface area contributed by atoms with Crippen LogP contribution in [0, 0.1) is 5.41 Å². The number of methoxy groups -OCH3 is 2. The molecule has 0 unspecified atom stereocenters. The highest BCUT2D eigenvalue weighted by Crippen LogP contribution is 2.47. The predicted molar refractivity (Wildman–Crippen MR) is 95.4 cm³/mol. The van der Waals surface area contributed by atoms with Gasteiger partial charge in [-0.3, -0.25) is 9.59 Å². The Kier molecular flexibility index (Phi) is 5.01. The molecule has 0 radical (unpaired) electrons. The lowest BCUT2D eigenvalue weighted by Crippen LogP contribution is -2.43. The van der Waals surface area contributed by atoms with Gasteiger partial charge in [-0.2, -0.15) is 0 Å². The molecule has 7 nitrogen and oxygen atoms in total. The number of hydrogen-bond donors (Lipinski definition) is 0. The fourth-order valence-corrected chi connectivity index (χ4v) is 3.01. The molecule has 0 aliphatic carbocycles. The van der Waals surface area contributed by atoms with Gasteiger partial charge in [0, 0.05) is 6.07 Å². The van der Waals surface area contributed by atoms with Gasteiger partial charge in [0.05, 0.1) is 31.8 Å². The lowest BCUT2D eigenvalue weighted by Gasteiger charge is -2.34. The summed E-state index contributed by atoms with van der Waals surface area (Å²) in [5.74, 6) is -0.784. The third kappa shape index (κ3) is 3.57. The van der Waals surface area contributed by atoms with Crippen LogP contribution in [0.3, 0.4) is 0 Å². The van der Waals surface area contributed by atoms with Crippen molar-refractivity contribution in [3.05, 3.63) is 35.4 Å². The molecule has 2 heterocycles. The van der Waals surface area contributed by atoms with E-state index < -0.39 is 23.3 Å². The molecule has 7 heteroatoms. The van der Waals surface area contributed by atoms with Crippen molar-refractivity contribution in [3.63, 3.8) is 0 Å². The van der Waals surface area contributed by atoms with Crippen molar-refractivity contribution in [2.45, 2.75) is 39.3 Å². The molecule has 0 bridgehead atoms. The number of ether oxygens (including phenoxy) is 5. The summed E-state index contributed by atoms with van der Waals surface area (Å²) < 4.78 is 28.0. The molecule has 1 spiro atoms. The van der Waals surface area contributed by atoms with E-state index in [9.17, 15) is 9.59 Å². The van der Waals surface area contributed by atoms with Crippen molar-refractivity contribution in [1.29, 1.82) is 0 Å². The Labute approximate surface area is 158 Å². The molecule has 2 atom stereocenters. The second-order valence-corrected chi connectivity index (χ2v) is 7.51. The molecule has 0 saturated heterocycles. The van der Waals surface area contributed by atoms with Gasteiger partial charge in [0.15, 0.2) is 11.9 Å². The molecule has 0 aromatic heterocycles. The third-order valence-corrected chi connectivity index (χ3v) is 4.48. The number of esters is 1. The molecule has 27 heavy (non-hydrogen) atoms. The maximum absolute atomic E-state index is 12.3. The molecule has 3 rings (SSSR count). The first-order chi connectivity index (χ1) is 12.7. The van der Waals surface area contributed by atoms with Crippen molar-refractivity contribution >= 4 is 11.8 Å². The summed E-state index contributed by atoms with van der Waals surface area (Å²) in [6.45, 7) is 5.33. The van der Waals surface area contributed by atoms with Crippen LogP contribution in [0.25, 0.3) is 0 Å². The highest BCUT2D eigenvalue weighted by atomic mass is 16.7. The van der Waals surface area contributed by atoms with Gasteiger partial charge >= 0.3 is 5.97 Å². The molecule has 146 valence electrons. The molecule has 1 aromatic carbocycles. The van der Waals surface area contributed by atoms with E-state index in [1.54, 1.807) is 47.1 Å². The van der Waals surface area contributed by atoms with Gasteiger partial charge in [-0.05, 0) is 44.6 Å². The second-order valence-electron chi connectivity index (χ2n) is 7.51. The van der Waals surface area contributed by atoms with E-state index in [1.165, 1.54) is 6.08 Å². The fraction of sp³-hybridized carbons (Fsp3) is 0.500. The van der Waals surface area contributed by atoms with Crippen LogP contribution in [-0.2, 0) is 36.2 Å². The summed E-state index contributed by atoms with van der Waals surface area (Å²) >= 11 is 0. The van der Waals surface area contributed by atoms with Gasteiger partial charge in [-0.15, -0.1) is 0 Å². The minimum absolute atomic E-state index is 0.182. The minimum atomic E-state index is -1.26. The van der Waals surface area contributed by atoms with Crippen LogP contribution in [-0.4, -0.2) is 38.7 Å². The predicted octanol–water partition coefficient (Wildman–Crippen LogP) is 2.50. The van der Waals surface area contributed by atoms with Gasteiger partial charge in [0.1, 0.15) is 18.1 Å². The SMILES string of the molecule is COc1cc2c(c(OC)c1)[C@]1(C=CC(=O)[C@@H](COC(=O)C(C)(C)C)O1)OC2. The molecule has 1 aromatic rings. The summed E-state index contributed by atoms with van der Waals surface area (Å²) in [7, 11) is 3.11. The van der Waals surface area contributed by atoms with Gasteiger partial charge in [-0.1, -0.05) is 0 Å². The van der Waals surface area contributed by atoms with E-state index in [1.807, 2.05) is 6.07 Å². The van der Waals surface area contributed by atoms with E-state index in [0.29, 0.717) is 17.1 Å². The van der Waals surface area contributed by atoms with Crippen LogP contribution in [0.4, 0.5) is 0 Å². The monoisotopic (exact) mass is 376 g/mol. The Morgan fingerprint density at radius 1 is 1.26 bits per heavy atom. The number of ketones is 1. The Morgan fingerprint density at radius 3 is 2.63 bits per heavy atom. The van der Waals surface area contributed by atoms with E-state index >= 15 is 0 Å². The van der Waals surface area contributed by atoms with Crippen molar-refractivity contribution in [3.8, 4) is 11.5 Å². The van der Waals surface area contributed by atoms with Gasteiger partial charge in [0.25, 0.3) is 0 Å². The minimum Gasteiger partial charge on any atom is -0.497 e. The summed E-state index contributed by atoms with van der Waals surface area (Å²) in [5.41, 5.74) is 0.860. The number of hydrogen-bond acceptors (Lipinski definition) is 7. The fourth-order valence-electron chi connectivity index (χ4n) is 3.01. The van der Waals surface area contributed by atoms with Gasteiger partial charge in [0.2, 0.25) is 5.79 Å². The second kappa shape index (κ2) is 6.98. The van der Waals surface area contributed by atoms with Crippen molar-refractivity contribution in [2.24, 2.45) is 5.41 Å². The molecule has 0 amide bonds. The zero-order valence-corrected chi connectivity index (χ0v) is 16.2. The summed E-state index contributed by atoms with van der Waals surface area (Å²) in [4.78, 5) is 24.3. The molecule has 2 aliphatic rings. The Hall–Kier alpha value is -2.38. The number of carbonyl (C=O) groups excluding carboxylic acids is 2. The van der Waals surface area contributed by atoms with Gasteiger partial charge in [-0.25, -0.2) is 0 Å². The molecule has 0 fully saturated rings. The van der Waals surface area contributed by atoms with E-state index in [-0.39, 0.29) is 19.0 Å². The first-order valence-corrected chi connectivity index (χ1v) is 8.67. The standard InChI is InChI=1S/C20H24O7/c1-19(2,3)18(22)25-11-16-14(21)6-7-20(27-16)17-12(10-26-20)8-13(23-4)9-15(17)24-5/h6-9,16H,10-11H2,1-5H3/t16-,20-/m1/s1. The third-order valence-electron chi connectivity index (χ3n) is 4.48. The largest absolute Gasteiger partial charge is 0.497 e. The number of rotatable bonds is 4. The van der Waals surface area contributed by atoms with Gasteiger partial charge < -0.3 is 23.7 Å². The Balaban J connectivity index is 1.88. The normalized spacial score (nSPS) is 24.0. The number of fused-ring (bicyclic) bond motifs is 2. The maximum Gasteiger partial charge on any atom is 0.311 e. The van der Waals surface area contributed by atoms with Crippen LogP contribution in [0.5, 0.6) is 11.5 Å². The maximum atomic E-state index is 12.3. The van der Waals surface area contributed by atoms with Crippen molar-refractivity contribution < 1.29 is 33.3 Å².